The van der Waals surface area contributed by atoms with Gasteiger partial charge in [-0.05, 0) is 50.1 Å². The van der Waals surface area contributed by atoms with Crippen molar-refractivity contribution in [2.24, 2.45) is 4.99 Å². The highest BCUT2D eigenvalue weighted by Crippen LogP contribution is 2.30. The van der Waals surface area contributed by atoms with Crippen LogP contribution in [0, 0.1) is 12.7 Å². The molecule has 4 rings (SSSR count). The highest BCUT2D eigenvalue weighted by molar-refractivity contribution is 7.07. The summed E-state index contributed by atoms with van der Waals surface area (Å²) in [5, 5.41) is 0. The Morgan fingerprint density at radius 1 is 1.23 bits per heavy atom. The van der Waals surface area contributed by atoms with Crippen LogP contribution < -0.4 is 14.9 Å². The van der Waals surface area contributed by atoms with Gasteiger partial charge in [0.15, 0.2) is 4.80 Å². The van der Waals surface area contributed by atoms with E-state index in [1.54, 1.807) is 32.1 Å². The summed E-state index contributed by atoms with van der Waals surface area (Å²) in [6.07, 6.45) is 1.64. The van der Waals surface area contributed by atoms with Gasteiger partial charge in [-0.25, -0.2) is 14.2 Å². The van der Waals surface area contributed by atoms with Gasteiger partial charge in [0.05, 0.1) is 28.5 Å². The minimum Gasteiger partial charge on any atom is -0.463 e. The zero-order valence-corrected chi connectivity index (χ0v) is 18.2. The number of nitrogens with zero attached hydrogens (tertiary/aromatic N) is 2. The number of carbonyl (C=O) groups is 1. The Labute approximate surface area is 182 Å². The van der Waals surface area contributed by atoms with Crippen LogP contribution in [0.25, 0.3) is 6.08 Å². The number of rotatable bonds is 4. The van der Waals surface area contributed by atoms with Crippen molar-refractivity contribution in [1.82, 2.24) is 4.57 Å². The Morgan fingerprint density at radius 2 is 1.97 bits per heavy atom. The standard InChI is InChI=1S/C24H21FN2O3S/c1-4-30-23(29)20-15(3)26-24-27(21(20)17-10-8-14(2)9-11-17)22(28)19(31-24)13-16-6-5-7-18(25)12-16/h5-13,21H,4H2,1-3H3/b19-13+/t21-/m0/s1. The number of benzene rings is 2. The van der Waals surface area contributed by atoms with Crippen LogP contribution in [-0.2, 0) is 9.53 Å². The van der Waals surface area contributed by atoms with Crippen molar-refractivity contribution >= 4 is 23.4 Å². The van der Waals surface area contributed by atoms with Gasteiger partial charge < -0.3 is 4.74 Å². The molecule has 0 radical (unpaired) electrons. The number of esters is 1. The molecule has 158 valence electrons. The van der Waals surface area contributed by atoms with Crippen molar-refractivity contribution < 1.29 is 13.9 Å². The first kappa shape index (κ1) is 20.9. The van der Waals surface area contributed by atoms with Gasteiger partial charge in [-0.1, -0.05) is 53.3 Å². The molecule has 0 saturated heterocycles. The highest BCUT2D eigenvalue weighted by Gasteiger charge is 2.33. The van der Waals surface area contributed by atoms with Crippen molar-refractivity contribution in [3.63, 3.8) is 0 Å². The maximum atomic E-state index is 13.6. The first-order chi connectivity index (χ1) is 14.9. The number of thiazole rings is 1. The van der Waals surface area contributed by atoms with Crippen molar-refractivity contribution in [3.05, 3.63) is 102 Å². The predicted molar refractivity (Wildman–Crippen MR) is 118 cm³/mol. The summed E-state index contributed by atoms with van der Waals surface area (Å²) >= 11 is 1.21. The van der Waals surface area contributed by atoms with Gasteiger partial charge in [0, 0.05) is 0 Å². The van der Waals surface area contributed by atoms with Crippen molar-refractivity contribution in [1.29, 1.82) is 0 Å². The quantitative estimate of drug-likeness (QED) is 0.590. The molecule has 1 aromatic heterocycles. The molecule has 7 heteroatoms. The van der Waals surface area contributed by atoms with Crippen LogP contribution in [0.3, 0.4) is 0 Å². The van der Waals surface area contributed by atoms with E-state index in [0.717, 1.165) is 11.1 Å². The summed E-state index contributed by atoms with van der Waals surface area (Å²) in [7, 11) is 0. The van der Waals surface area contributed by atoms with E-state index in [2.05, 4.69) is 4.99 Å². The predicted octanol–water partition coefficient (Wildman–Crippen LogP) is 3.25. The van der Waals surface area contributed by atoms with Crippen LogP contribution in [0.15, 0.2) is 69.6 Å². The van der Waals surface area contributed by atoms with Crippen LogP contribution in [0.4, 0.5) is 4.39 Å². The van der Waals surface area contributed by atoms with E-state index in [-0.39, 0.29) is 18.0 Å². The topological polar surface area (TPSA) is 60.7 Å². The van der Waals surface area contributed by atoms with Gasteiger partial charge in [0.2, 0.25) is 0 Å². The van der Waals surface area contributed by atoms with Gasteiger partial charge in [-0.3, -0.25) is 9.36 Å². The third-order valence-electron chi connectivity index (χ3n) is 5.06. The zero-order chi connectivity index (χ0) is 22.1. The van der Waals surface area contributed by atoms with E-state index in [1.165, 1.54) is 28.0 Å². The normalized spacial score (nSPS) is 16.1. The monoisotopic (exact) mass is 436 g/mol. The van der Waals surface area contributed by atoms with Gasteiger partial charge in [-0.15, -0.1) is 0 Å². The summed E-state index contributed by atoms with van der Waals surface area (Å²) in [5.41, 5.74) is 3.02. The fourth-order valence-corrected chi connectivity index (χ4v) is 4.65. The summed E-state index contributed by atoms with van der Waals surface area (Å²) in [6, 6.07) is 13.1. The number of carbonyl (C=O) groups excluding carboxylic acids is 1. The van der Waals surface area contributed by atoms with E-state index < -0.39 is 12.0 Å². The SMILES string of the molecule is CCOC(=O)C1=C(C)N=c2s/c(=C/c3cccc(F)c3)c(=O)n2[C@H]1c1ccc(C)cc1. The van der Waals surface area contributed by atoms with Crippen LogP contribution in [0.2, 0.25) is 0 Å². The number of ether oxygens (including phenoxy) is 1. The lowest BCUT2D eigenvalue weighted by atomic mass is 9.95. The molecule has 0 aliphatic carbocycles. The van der Waals surface area contributed by atoms with Crippen LogP contribution in [0.5, 0.6) is 0 Å². The van der Waals surface area contributed by atoms with E-state index in [4.69, 9.17) is 4.74 Å². The average Bonchev–Trinajstić information content (AvgIpc) is 3.02. The molecule has 0 saturated carbocycles. The van der Waals surface area contributed by atoms with Crippen LogP contribution in [0.1, 0.15) is 36.6 Å². The van der Waals surface area contributed by atoms with Gasteiger partial charge in [0.1, 0.15) is 5.82 Å². The van der Waals surface area contributed by atoms with Crippen LogP contribution >= 0.6 is 11.3 Å². The van der Waals surface area contributed by atoms with E-state index in [1.807, 2.05) is 31.2 Å². The Morgan fingerprint density at radius 3 is 2.65 bits per heavy atom. The third-order valence-corrected chi connectivity index (χ3v) is 6.04. The second-order valence-corrected chi connectivity index (χ2v) is 8.28. The van der Waals surface area contributed by atoms with Crippen LogP contribution in [-0.4, -0.2) is 17.1 Å². The van der Waals surface area contributed by atoms with E-state index in [9.17, 15) is 14.0 Å². The smallest absolute Gasteiger partial charge is 0.338 e. The van der Waals surface area contributed by atoms with Crippen molar-refractivity contribution in [3.8, 4) is 0 Å². The lowest BCUT2D eigenvalue weighted by Crippen LogP contribution is -2.39. The fourth-order valence-electron chi connectivity index (χ4n) is 3.60. The fraction of sp³-hybridized carbons (Fsp3) is 0.208. The molecule has 1 aliphatic heterocycles. The molecular weight excluding hydrogens is 415 g/mol. The average molecular weight is 437 g/mol. The molecule has 2 heterocycles. The number of hydrogen-bond acceptors (Lipinski definition) is 5. The molecule has 2 aromatic carbocycles. The number of aryl methyl sites for hydroxylation is 1. The maximum absolute atomic E-state index is 13.6. The summed E-state index contributed by atoms with van der Waals surface area (Å²) < 4.78 is 20.8. The third kappa shape index (κ3) is 4.01. The molecule has 0 spiro atoms. The molecular formula is C24H21FN2O3S. The summed E-state index contributed by atoms with van der Waals surface area (Å²) in [4.78, 5) is 31.2. The largest absolute Gasteiger partial charge is 0.463 e. The second kappa shape index (κ2) is 8.43. The first-order valence-electron chi connectivity index (χ1n) is 9.91. The Balaban J connectivity index is 1.96. The molecule has 0 bridgehead atoms. The van der Waals surface area contributed by atoms with Gasteiger partial charge >= 0.3 is 5.97 Å². The van der Waals surface area contributed by atoms with Gasteiger partial charge in [-0.2, -0.15) is 0 Å². The molecule has 0 N–H and O–H groups in total. The van der Waals surface area contributed by atoms with Gasteiger partial charge in [0.25, 0.3) is 5.56 Å². The first-order valence-corrected chi connectivity index (χ1v) is 10.7. The number of allylic oxidation sites excluding steroid dienone is 1. The molecule has 1 aliphatic rings. The highest BCUT2D eigenvalue weighted by atomic mass is 32.1. The Kier molecular flexibility index (Phi) is 5.69. The molecule has 5 nitrogen and oxygen atoms in total. The Bertz CT molecular complexity index is 1370. The molecule has 3 aromatic rings. The van der Waals surface area contributed by atoms with Crippen molar-refractivity contribution in [2.75, 3.05) is 6.61 Å². The van der Waals surface area contributed by atoms with E-state index in [0.29, 0.717) is 26.2 Å². The molecule has 0 fully saturated rings. The zero-order valence-electron chi connectivity index (χ0n) is 17.4. The lowest BCUT2D eigenvalue weighted by molar-refractivity contribution is -0.139. The Hall–Kier alpha value is -3.32. The molecule has 1 atom stereocenters. The summed E-state index contributed by atoms with van der Waals surface area (Å²) in [6.45, 7) is 5.68. The molecule has 0 unspecified atom stereocenters. The minimum absolute atomic E-state index is 0.222. The number of fused-ring (bicyclic) bond motifs is 1. The molecule has 0 amide bonds. The number of aromatic nitrogens is 1. The second-order valence-electron chi connectivity index (χ2n) is 7.27. The van der Waals surface area contributed by atoms with Crippen molar-refractivity contribution in [2.45, 2.75) is 26.8 Å². The molecule has 31 heavy (non-hydrogen) atoms. The lowest BCUT2D eigenvalue weighted by Gasteiger charge is -2.24. The summed E-state index contributed by atoms with van der Waals surface area (Å²) in [5.74, 6) is -0.867. The minimum atomic E-state index is -0.648. The number of halogens is 1. The number of hydrogen-bond donors (Lipinski definition) is 0. The maximum Gasteiger partial charge on any atom is 0.338 e. The van der Waals surface area contributed by atoms with E-state index >= 15 is 0 Å².